The molecule has 1 fully saturated rings. The van der Waals surface area contributed by atoms with Crippen LogP contribution in [0.2, 0.25) is 0 Å². The lowest BCUT2D eigenvalue weighted by Crippen LogP contribution is -2.54. The molecular weight excluding hydrogens is 338 g/mol. The molecule has 0 aromatic heterocycles. The predicted octanol–water partition coefficient (Wildman–Crippen LogP) is 3.30. The van der Waals surface area contributed by atoms with E-state index < -0.39 is 22.8 Å². The molecule has 8 nitrogen and oxygen atoms in total. The van der Waals surface area contributed by atoms with Crippen molar-refractivity contribution in [2.24, 2.45) is 0 Å². The van der Waals surface area contributed by atoms with Crippen LogP contribution >= 0.6 is 0 Å². The highest BCUT2D eigenvalue weighted by atomic mass is 16.6. The van der Waals surface area contributed by atoms with Crippen molar-refractivity contribution < 1.29 is 19.2 Å². The SMILES string of the molecule is CC(C)(C)OC(=O)N1CCCCC1N1Cc2c(cccc2[N+](=O)[O-])C1=O. The standard InChI is InChI=1S/C18H23N3O5/c1-18(2,3)26-17(23)19-10-5-4-9-15(19)20-11-13-12(16(20)22)7-6-8-14(13)21(24)25/h6-8,15H,4-5,9-11H2,1-3H3. The van der Waals surface area contributed by atoms with Gasteiger partial charge in [0.15, 0.2) is 0 Å². The van der Waals surface area contributed by atoms with Gasteiger partial charge >= 0.3 is 6.09 Å². The quantitative estimate of drug-likeness (QED) is 0.595. The third-order valence-corrected chi connectivity index (χ3v) is 4.63. The van der Waals surface area contributed by atoms with E-state index in [9.17, 15) is 19.7 Å². The zero-order valence-electron chi connectivity index (χ0n) is 15.2. The summed E-state index contributed by atoms with van der Waals surface area (Å²) < 4.78 is 5.48. The van der Waals surface area contributed by atoms with E-state index in [0.29, 0.717) is 24.1 Å². The van der Waals surface area contributed by atoms with Crippen molar-refractivity contribution in [2.45, 2.75) is 58.3 Å². The van der Waals surface area contributed by atoms with Gasteiger partial charge in [0.25, 0.3) is 11.6 Å². The van der Waals surface area contributed by atoms with Crippen molar-refractivity contribution >= 4 is 17.7 Å². The maximum atomic E-state index is 12.8. The molecule has 26 heavy (non-hydrogen) atoms. The second-order valence-electron chi connectivity index (χ2n) is 7.64. The molecular formula is C18H23N3O5. The minimum atomic E-state index is -0.629. The van der Waals surface area contributed by atoms with Crippen LogP contribution in [-0.2, 0) is 11.3 Å². The Labute approximate surface area is 151 Å². The molecule has 1 saturated heterocycles. The number of nitrogens with zero attached hydrogens (tertiary/aromatic N) is 3. The van der Waals surface area contributed by atoms with Gasteiger partial charge in [-0.25, -0.2) is 4.79 Å². The molecule has 3 rings (SSSR count). The summed E-state index contributed by atoms with van der Waals surface area (Å²) in [5.74, 6) is -0.274. The molecule has 2 aliphatic rings. The molecule has 1 atom stereocenters. The first-order chi connectivity index (χ1) is 12.2. The Hall–Kier alpha value is -2.64. The number of carbonyl (C=O) groups excluding carboxylic acids is 2. The Kier molecular flexibility index (Phi) is 4.60. The van der Waals surface area contributed by atoms with Crippen molar-refractivity contribution in [3.63, 3.8) is 0 Å². The van der Waals surface area contributed by atoms with Crippen molar-refractivity contribution in [2.75, 3.05) is 6.54 Å². The number of hydrogen-bond acceptors (Lipinski definition) is 5. The molecule has 0 radical (unpaired) electrons. The van der Waals surface area contributed by atoms with Crippen LogP contribution in [0.15, 0.2) is 18.2 Å². The summed E-state index contributed by atoms with van der Waals surface area (Å²) >= 11 is 0. The van der Waals surface area contributed by atoms with Gasteiger partial charge in [0, 0.05) is 12.6 Å². The third kappa shape index (κ3) is 3.36. The molecule has 1 unspecified atom stereocenters. The van der Waals surface area contributed by atoms with Crippen LogP contribution in [-0.4, -0.2) is 45.0 Å². The number of benzene rings is 1. The van der Waals surface area contributed by atoms with E-state index in [4.69, 9.17) is 4.74 Å². The third-order valence-electron chi connectivity index (χ3n) is 4.63. The molecule has 2 aliphatic heterocycles. The zero-order valence-corrected chi connectivity index (χ0v) is 15.2. The Morgan fingerprint density at radius 3 is 2.69 bits per heavy atom. The van der Waals surface area contributed by atoms with Gasteiger partial charge in [-0.05, 0) is 46.1 Å². The number of amides is 2. The summed E-state index contributed by atoms with van der Waals surface area (Å²) in [7, 11) is 0. The first-order valence-corrected chi connectivity index (χ1v) is 8.76. The molecule has 0 N–H and O–H groups in total. The second-order valence-corrected chi connectivity index (χ2v) is 7.64. The fourth-order valence-electron chi connectivity index (χ4n) is 3.52. The second kappa shape index (κ2) is 6.59. The molecule has 0 aliphatic carbocycles. The Morgan fingerprint density at radius 2 is 2.04 bits per heavy atom. The number of ether oxygens (including phenoxy) is 1. The first kappa shape index (κ1) is 18.2. The van der Waals surface area contributed by atoms with Crippen LogP contribution in [0.3, 0.4) is 0 Å². The molecule has 0 saturated carbocycles. The summed E-state index contributed by atoms with van der Waals surface area (Å²) in [4.78, 5) is 39.4. The van der Waals surface area contributed by atoms with E-state index in [2.05, 4.69) is 0 Å². The summed E-state index contributed by atoms with van der Waals surface area (Å²) in [6.45, 7) is 6.02. The fraction of sp³-hybridized carbons (Fsp3) is 0.556. The van der Waals surface area contributed by atoms with Crippen LogP contribution in [0.1, 0.15) is 56.0 Å². The van der Waals surface area contributed by atoms with E-state index in [1.54, 1.807) is 36.6 Å². The van der Waals surface area contributed by atoms with E-state index >= 15 is 0 Å². The van der Waals surface area contributed by atoms with Crippen molar-refractivity contribution in [1.29, 1.82) is 0 Å². The van der Waals surface area contributed by atoms with Crippen LogP contribution in [0.25, 0.3) is 0 Å². The van der Waals surface area contributed by atoms with Crippen LogP contribution in [0.4, 0.5) is 10.5 Å². The van der Waals surface area contributed by atoms with E-state index in [-0.39, 0.29) is 18.1 Å². The van der Waals surface area contributed by atoms with Gasteiger partial charge in [0.05, 0.1) is 22.6 Å². The number of nitro groups is 1. The average molecular weight is 361 g/mol. The van der Waals surface area contributed by atoms with Gasteiger partial charge < -0.3 is 9.64 Å². The van der Waals surface area contributed by atoms with Crippen molar-refractivity contribution in [3.05, 3.63) is 39.4 Å². The Balaban J connectivity index is 1.87. The summed E-state index contributed by atoms with van der Waals surface area (Å²) in [5, 5.41) is 11.3. The smallest absolute Gasteiger partial charge is 0.411 e. The first-order valence-electron chi connectivity index (χ1n) is 8.76. The van der Waals surface area contributed by atoms with Gasteiger partial charge in [0.1, 0.15) is 11.8 Å². The highest BCUT2D eigenvalue weighted by Gasteiger charge is 2.42. The van der Waals surface area contributed by atoms with E-state index in [1.807, 2.05) is 0 Å². The van der Waals surface area contributed by atoms with Gasteiger partial charge in [0.2, 0.25) is 0 Å². The maximum Gasteiger partial charge on any atom is 0.411 e. The van der Waals surface area contributed by atoms with Crippen molar-refractivity contribution in [3.8, 4) is 0 Å². The number of hydrogen-bond donors (Lipinski definition) is 0. The topological polar surface area (TPSA) is 93.0 Å². The highest BCUT2D eigenvalue weighted by Crippen LogP contribution is 2.35. The minimum absolute atomic E-state index is 0.0574. The summed E-state index contributed by atoms with van der Waals surface area (Å²) in [5.41, 5.74) is 0.0691. The van der Waals surface area contributed by atoms with Gasteiger partial charge in [-0.3, -0.25) is 19.8 Å². The van der Waals surface area contributed by atoms with E-state index in [0.717, 1.165) is 12.8 Å². The number of fused-ring (bicyclic) bond motifs is 1. The summed E-state index contributed by atoms with van der Waals surface area (Å²) in [6, 6.07) is 4.53. The van der Waals surface area contributed by atoms with Crippen LogP contribution in [0, 0.1) is 10.1 Å². The van der Waals surface area contributed by atoms with Gasteiger partial charge in [-0.1, -0.05) is 6.07 Å². The Bertz CT molecular complexity index is 756. The van der Waals surface area contributed by atoms with E-state index in [1.165, 1.54) is 12.1 Å². The van der Waals surface area contributed by atoms with Crippen LogP contribution < -0.4 is 0 Å². The molecule has 1 aromatic carbocycles. The number of rotatable bonds is 2. The fourth-order valence-corrected chi connectivity index (χ4v) is 3.52. The minimum Gasteiger partial charge on any atom is -0.444 e. The predicted molar refractivity (Wildman–Crippen MR) is 93.5 cm³/mol. The lowest BCUT2D eigenvalue weighted by molar-refractivity contribution is -0.385. The molecule has 0 bridgehead atoms. The molecule has 2 amide bonds. The van der Waals surface area contributed by atoms with Gasteiger partial charge in [-0.15, -0.1) is 0 Å². The molecule has 0 spiro atoms. The number of nitro benzene ring substituents is 1. The number of likely N-dealkylation sites (tertiary alicyclic amines) is 1. The highest BCUT2D eigenvalue weighted by molar-refractivity contribution is 5.99. The molecule has 8 heteroatoms. The number of carbonyl (C=O) groups is 2. The van der Waals surface area contributed by atoms with Gasteiger partial charge in [-0.2, -0.15) is 0 Å². The zero-order chi connectivity index (χ0) is 19.1. The molecule has 1 aromatic rings. The molecule has 2 heterocycles. The maximum absolute atomic E-state index is 12.8. The summed E-state index contributed by atoms with van der Waals surface area (Å²) in [6.07, 6.45) is 1.45. The van der Waals surface area contributed by atoms with Crippen LogP contribution in [0.5, 0.6) is 0 Å². The lowest BCUT2D eigenvalue weighted by atomic mass is 10.1. The molecule has 140 valence electrons. The largest absolute Gasteiger partial charge is 0.444 e. The monoisotopic (exact) mass is 361 g/mol. The Morgan fingerprint density at radius 1 is 1.31 bits per heavy atom. The number of piperidine rings is 1. The van der Waals surface area contributed by atoms with Crippen molar-refractivity contribution in [1.82, 2.24) is 9.80 Å². The lowest BCUT2D eigenvalue weighted by Gasteiger charge is -2.41. The average Bonchev–Trinajstić information content (AvgIpc) is 2.90. The normalized spacial score (nSPS) is 20.1.